The van der Waals surface area contributed by atoms with Gasteiger partial charge < -0.3 is 20.5 Å². The van der Waals surface area contributed by atoms with E-state index in [9.17, 15) is 4.79 Å². The van der Waals surface area contributed by atoms with E-state index in [1.54, 1.807) is 6.07 Å². The van der Waals surface area contributed by atoms with Gasteiger partial charge in [-0.25, -0.2) is 4.79 Å². The molecule has 1 aromatic carbocycles. The Bertz CT molecular complexity index is 609. The molecule has 21 heavy (non-hydrogen) atoms. The Morgan fingerprint density at radius 1 is 1.38 bits per heavy atom. The van der Waals surface area contributed by atoms with Gasteiger partial charge in [0.1, 0.15) is 11.5 Å². The molecule has 0 fully saturated rings. The first-order chi connectivity index (χ1) is 10.1. The largest absolute Gasteiger partial charge is 0.361 e. The summed E-state index contributed by atoms with van der Waals surface area (Å²) in [5.41, 5.74) is 2.56. The summed E-state index contributed by atoms with van der Waals surface area (Å²) >= 11 is 0. The van der Waals surface area contributed by atoms with Gasteiger partial charge in [0, 0.05) is 17.8 Å². The molecule has 1 atom stereocenters. The Balaban J connectivity index is 1.90. The van der Waals surface area contributed by atoms with Gasteiger partial charge in [-0.1, -0.05) is 17.3 Å². The topological polar surface area (TPSA) is 79.2 Å². The van der Waals surface area contributed by atoms with E-state index in [0.29, 0.717) is 12.2 Å². The third-order valence-electron chi connectivity index (χ3n) is 3.18. The molecule has 0 spiro atoms. The van der Waals surface area contributed by atoms with E-state index < -0.39 is 0 Å². The zero-order valence-corrected chi connectivity index (χ0v) is 12.4. The van der Waals surface area contributed by atoms with E-state index in [1.165, 1.54) is 0 Å². The van der Waals surface area contributed by atoms with Crippen LogP contribution in [0.5, 0.6) is 0 Å². The highest BCUT2D eigenvalue weighted by molar-refractivity contribution is 5.89. The lowest BCUT2D eigenvalue weighted by molar-refractivity contribution is 0.251. The number of carbonyl (C=O) groups excluding carboxylic acids is 1. The van der Waals surface area contributed by atoms with Crippen LogP contribution in [-0.2, 0) is 6.54 Å². The van der Waals surface area contributed by atoms with Crippen molar-refractivity contribution in [2.24, 2.45) is 0 Å². The first kappa shape index (κ1) is 15.1. The van der Waals surface area contributed by atoms with Gasteiger partial charge in [-0.15, -0.1) is 0 Å². The minimum atomic E-state index is -0.273. The molecule has 0 radical (unpaired) electrons. The third kappa shape index (κ3) is 4.32. The molecule has 1 heterocycles. The van der Waals surface area contributed by atoms with Crippen molar-refractivity contribution in [3.8, 4) is 0 Å². The molecule has 0 aliphatic heterocycles. The molecule has 1 aromatic heterocycles. The Labute approximate surface area is 123 Å². The molecule has 0 aliphatic carbocycles. The van der Waals surface area contributed by atoms with Gasteiger partial charge >= 0.3 is 6.03 Å². The van der Waals surface area contributed by atoms with Gasteiger partial charge in [0.05, 0.1) is 6.54 Å². The van der Waals surface area contributed by atoms with E-state index in [1.807, 2.05) is 38.2 Å². The number of benzene rings is 1. The van der Waals surface area contributed by atoms with E-state index in [4.69, 9.17) is 4.52 Å². The van der Waals surface area contributed by atoms with Crippen LogP contribution in [0.1, 0.15) is 30.0 Å². The number of nitrogens with zero attached hydrogens (tertiary/aromatic N) is 1. The van der Waals surface area contributed by atoms with Crippen LogP contribution in [0.15, 0.2) is 34.9 Å². The van der Waals surface area contributed by atoms with Crippen molar-refractivity contribution in [2.45, 2.75) is 26.4 Å². The maximum Gasteiger partial charge on any atom is 0.319 e. The molecule has 112 valence electrons. The molecule has 2 amide bonds. The Morgan fingerprint density at radius 3 is 2.86 bits per heavy atom. The number of aromatic nitrogens is 1. The minimum absolute atomic E-state index is 0.230. The van der Waals surface area contributed by atoms with Gasteiger partial charge in [0.15, 0.2) is 0 Å². The number of urea groups is 1. The lowest BCUT2D eigenvalue weighted by Crippen LogP contribution is -2.28. The summed E-state index contributed by atoms with van der Waals surface area (Å²) in [6, 6.07) is 9.47. The predicted molar refractivity (Wildman–Crippen MR) is 81.0 cm³/mol. The number of hydrogen-bond donors (Lipinski definition) is 3. The molecular weight excluding hydrogens is 268 g/mol. The minimum Gasteiger partial charge on any atom is -0.361 e. The second-order valence-corrected chi connectivity index (χ2v) is 4.87. The van der Waals surface area contributed by atoms with Crippen LogP contribution in [0.4, 0.5) is 10.5 Å². The van der Waals surface area contributed by atoms with Crippen molar-refractivity contribution in [2.75, 3.05) is 12.4 Å². The average Bonchev–Trinajstić information content (AvgIpc) is 2.90. The molecule has 0 saturated heterocycles. The van der Waals surface area contributed by atoms with Crippen molar-refractivity contribution in [3.05, 3.63) is 47.3 Å². The summed E-state index contributed by atoms with van der Waals surface area (Å²) < 4.78 is 4.94. The summed E-state index contributed by atoms with van der Waals surface area (Å²) in [5, 5.41) is 12.5. The maximum atomic E-state index is 11.8. The predicted octanol–water partition coefficient (Wildman–Crippen LogP) is 2.59. The molecule has 2 rings (SSSR count). The highest BCUT2D eigenvalue weighted by Crippen LogP contribution is 2.16. The van der Waals surface area contributed by atoms with Gasteiger partial charge in [-0.05, 0) is 38.6 Å². The Kier molecular flexibility index (Phi) is 4.94. The van der Waals surface area contributed by atoms with Crippen molar-refractivity contribution in [1.82, 2.24) is 15.8 Å². The highest BCUT2D eigenvalue weighted by Gasteiger charge is 2.07. The molecule has 6 heteroatoms. The molecule has 3 N–H and O–H groups in total. The Morgan fingerprint density at radius 2 is 2.19 bits per heavy atom. The van der Waals surface area contributed by atoms with Crippen molar-refractivity contribution in [1.29, 1.82) is 0 Å². The number of nitrogens with one attached hydrogen (secondary N) is 3. The van der Waals surface area contributed by atoms with Gasteiger partial charge in [-0.2, -0.15) is 0 Å². The number of hydrogen-bond acceptors (Lipinski definition) is 4. The summed E-state index contributed by atoms with van der Waals surface area (Å²) in [4.78, 5) is 11.8. The molecule has 0 saturated carbocycles. The van der Waals surface area contributed by atoms with Crippen LogP contribution in [0.2, 0.25) is 0 Å². The fourth-order valence-electron chi connectivity index (χ4n) is 1.90. The monoisotopic (exact) mass is 288 g/mol. The fourth-order valence-corrected chi connectivity index (χ4v) is 1.90. The molecule has 0 bridgehead atoms. The zero-order valence-electron chi connectivity index (χ0n) is 12.4. The first-order valence-electron chi connectivity index (χ1n) is 6.82. The van der Waals surface area contributed by atoms with Crippen LogP contribution in [0.25, 0.3) is 0 Å². The smallest absolute Gasteiger partial charge is 0.319 e. The number of amides is 2. The van der Waals surface area contributed by atoms with E-state index in [0.717, 1.165) is 17.0 Å². The molecule has 2 aromatic rings. The normalized spacial score (nSPS) is 12.0. The molecule has 0 aliphatic rings. The van der Waals surface area contributed by atoms with E-state index in [-0.39, 0.29) is 12.1 Å². The van der Waals surface area contributed by atoms with Crippen LogP contribution in [0.3, 0.4) is 0 Å². The average molecular weight is 288 g/mol. The second-order valence-electron chi connectivity index (χ2n) is 4.87. The number of aryl methyl sites for hydroxylation is 1. The lowest BCUT2D eigenvalue weighted by atomic mass is 10.1. The van der Waals surface area contributed by atoms with Crippen molar-refractivity contribution in [3.63, 3.8) is 0 Å². The summed E-state index contributed by atoms with van der Waals surface area (Å²) in [7, 11) is 1.90. The number of carbonyl (C=O) groups is 1. The number of anilines is 1. The zero-order chi connectivity index (χ0) is 15.2. The highest BCUT2D eigenvalue weighted by atomic mass is 16.5. The SMILES string of the molecule is CNC(C)c1cccc(NC(=O)NCc2cc(C)on2)c1. The fraction of sp³-hybridized carbons (Fsp3) is 0.333. The molecule has 6 nitrogen and oxygen atoms in total. The second kappa shape index (κ2) is 6.90. The summed E-state index contributed by atoms with van der Waals surface area (Å²) in [6.07, 6.45) is 0. The maximum absolute atomic E-state index is 11.8. The van der Waals surface area contributed by atoms with E-state index >= 15 is 0 Å². The van der Waals surface area contributed by atoms with Crippen molar-refractivity contribution < 1.29 is 9.32 Å². The van der Waals surface area contributed by atoms with Gasteiger partial charge in [-0.3, -0.25) is 0 Å². The van der Waals surface area contributed by atoms with Gasteiger partial charge in [0.25, 0.3) is 0 Å². The summed E-state index contributed by atoms with van der Waals surface area (Å²) in [6.45, 7) is 4.20. The Hall–Kier alpha value is -2.34. The van der Waals surface area contributed by atoms with Crippen molar-refractivity contribution >= 4 is 11.7 Å². The lowest BCUT2D eigenvalue weighted by Gasteiger charge is -2.12. The molecular formula is C15H20N4O2. The first-order valence-corrected chi connectivity index (χ1v) is 6.82. The standard InChI is InChI=1S/C15H20N4O2/c1-10-7-14(19-21-10)9-17-15(20)18-13-6-4-5-12(8-13)11(2)16-3/h4-8,11,16H,9H2,1-3H3,(H2,17,18,20). The van der Waals surface area contributed by atoms with Crippen LogP contribution in [-0.4, -0.2) is 18.2 Å². The number of rotatable bonds is 5. The van der Waals surface area contributed by atoms with Crippen LogP contribution >= 0.6 is 0 Å². The van der Waals surface area contributed by atoms with Crippen LogP contribution in [0, 0.1) is 6.92 Å². The van der Waals surface area contributed by atoms with E-state index in [2.05, 4.69) is 28.0 Å². The van der Waals surface area contributed by atoms with Crippen LogP contribution < -0.4 is 16.0 Å². The third-order valence-corrected chi connectivity index (χ3v) is 3.18. The quantitative estimate of drug-likeness (QED) is 0.790. The summed E-state index contributed by atoms with van der Waals surface area (Å²) in [5.74, 6) is 0.723. The van der Waals surface area contributed by atoms with Gasteiger partial charge in [0.2, 0.25) is 0 Å². The molecule has 1 unspecified atom stereocenters.